The van der Waals surface area contributed by atoms with Crippen molar-refractivity contribution in [3.8, 4) is 0 Å². The molecule has 0 radical (unpaired) electrons. The molecule has 0 aromatic rings. The maximum atomic E-state index is 12.1. The molecule has 0 saturated heterocycles. The third-order valence-electron chi connectivity index (χ3n) is 3.54. The third kappa shape index (κ3) is 2.54. The number of hydrogen-bond donors (Lipinski definition) is 1. The maximum absolute atomic E-state index is 12.1. The molecule has 1 heterocycles. The third-order valence-corrected chi connectivity index (χ3v) is 3.54. The maximum Gasteiger partial charge on any atom is 0.288 e. The Labute approximate surface area is 97.1 Å². The molecular formula is C12H21N3O. The molecule has 1 aliphatic heterocycles. The summed E-state index contributed by atoms with van der Waals surface area (Å²) < 4.78 is 0. The Morgan fingerprint density at radius 2 is 2.06 bits per heavy atom. The van der Waals surface area contributed by atoms with Gasteiger partial charge in [0.15, 0.2) is 5.84 Å². The van der Waals surface area contributed by atoms with E-state index in [9.17, 15) is 4.79 Å². The Hall–Kier alpha value is -1.06. The van der Waals surface area contributed by atoms with Crippen LogP contribution in [0.5, 0.6) is 0 Å². The number of carbonyl (C=O) groups is 1. The lowest BCUT2D eigenvalue weighted by Gasteiger charge is -2.32. The fraction of sp³-hybridized carbons (Fsp3) is 0.833. The van der Waals surface area contributed by atoms with Crippen molar-refractivity contribution >= 4 is 11.7 Å². The Balaban J connectivity index is 1.94. The molecule has 4 nitrogen and oxygen atoms in total. The second-order valence-electron chi connectivity index (χ2n) is 4.72. The normalized spacial score (nSPS) is 22.2. The molecule has 1 fully saturated rings. The largest absolute Gasteiger partial charge is 0.366 e. The van der Waals surface area contributed by atoms with Crippen LogP contribution in [0.2, 0.25) is 0 Å². The first-order valence-electron chi connectivity index (χ1n) is 6.34. The zero-order valence-corrected chi connectivity index (χ0v) is 10.0. The van der Waals surface area contributed by atoms with Gasteiger partial charge in [0.1, 0.15) is 0 Å². The van der Waals surface area contributed by atoms with Crippen LogP contribution in [-0.2, 0) is 4.79 Å². The minimum Gasteiger partial charge on any atom is -0.366 e. The highest BCUT2D eigenvalue weighted by Gasteiger charge is 2.25. The number of aliphatic imine (C=N–C) groups is 1. The summed E-state index contributed by atoms with van der Waals surface area (Å²) in [6.07, 6.45) is 7.15. The van der Waals surface area contributed by atoms with Gasteiger partial charge in [-0.3, -0.25) is 9.79 Å². The second kappa shape index (κ2) is 5.32. The van der Waals surface area contributed by atoms with Gasteiger partial charge in [0.05, 0.1) is 0 Å². The van der Waals surface area contributed by atoms with E-state index >= 15 is 0 Å². The lowest BCUT2D eigenvalue weighted by molar-refractivity contribution is -0.125. The van der Waals surface area contributed by atoms with Crippen LogP contribution in [0.1, 0.15) is 38.5 Å². The zero-order valence-electron chi connectivity index (χ0n) is 10.0. The molecule has 0 aromatic carbocycles. The monoisotopic (exact) mass is 223 g/mol. The molecule has 1 amide bonds. The number of nitrogens with zero attached hydrogens (tertiary/aromatic N) is 2. The summed E-state index contributed by atoms with van der Waals surface area (Å²) in [6.45, 7) is 1.66. The standard InChI is InChI=1S/C12H21N3O/c1-15(10-6-3-2-4-7-10)12(16)11-13-8-5-9-14-11/h10H,2-9H2,1H3,(H,13,14). The van der Waals surface area contributed by atoms with E-state index in [1.807, 2.05) is 11.9 Å². The summed E-state index contributed by atoms with van der Waals surface area (Å²) >= 11 is 0. The molecule has 1 N–H and O–H groups in total. The van der Waals surface area contributed by atoms with E-state index in [4.69, 9.17) is 0 Å². The molecular weight excluding hydrogens is 202 g/mol. The fourth-order valence-electron chi connectivity index (χ4n) is 2.48. The molecule has 2 aliphatic rings. The van der Waals surface area contributed by atoms with Crippen molar-refractivity contribution in [3.63, 3.8) is 0 Å². The first kappa shape index (κ1) is 11.4. The summed E-state index contributed by atoms with van der Waals surface area (Å²) in [7, 11) is 1.91. The molecule has 0 spiro atoms. The van der Waals surface area contributed by atoms with E-state index in [0.29, 0.717) is 11.9 Å². The lowest BCUT2D eigenvalue weighted by Crippen LogP contribution is -2.47. The van der Waals surface area contributed by atoms with Gasteiger partial charge >= 0.3 is 0 Å². The van der Waals surface area contributed by atoms with Gasteiger partial charge in [-0.15, -0.1) is 0 Å². The van der Waals surface area contributed by atoms with E-state index in [0.717, 1.165) is 32.4 Å². The van der Waals surface area contributed by atoms with Crippen molar-refractivity contribution in [2.24, 2.45) is 4.99 Å². The number of likely N-dealkylation sites (N-methyl/N-ethyl adjacent to an activating group) is 1. The Kier molecular flexibility index (Phi) is 3.80. The molecule has 4 heteroatoms. The summed E-state index contributed by atoms with van der Waals surface area (Å²) in [4.78, 5) is 18.3. The van der Waals surface area contributed by atoms with E-state index in [1.165, 1.54) is 19.3 Å². The molecule has 2 rings (SSSR count). The molecule has 90 valence electrons. The van der Waals surface area contributed by atoms with E-state index in [2.05, 4.69) is 10.3 Å². The van der Waals surface area contributed by atoms with E-state index in [1.54, 1.807) is 0 Å². The van der Waals surface area contributed by atoms with Gasteiger partial charge in [0, 0.05) is 26.2 Å². The van der Waals surface area contributed by atoms with Gasteiger partial charge in [-0.05, 0) is 19.3 Å². The van der Waals surface area contributed by atoms with Crippen LogP contribution in [0.15, 0.2) is 4.99 Å². The predicted octanol–water partition coefficient (Wildman–Crippen LogP) is 1.17. The van der Waals surface area contributed by atoms with E-state index < -0.39 is 0 Å². The van der Waals surface area contributed by atoms with Crippen LogP contribution >= 0.6 is 0 Å². The highest BCUT2D eigenvalue weighted by molar-refractivity contribution is 6.37. The molecule has 0 bridgehead atoms. The highest BCUT2D eigenvalue weighted by Crippen LogP contribution is 2.21. The Morgan fingerprint density at radius 3 is 2.69 bits per heavy atom. The van der Waals surface area contributed by atoms with Crippen molar-refractivity contribution in [1.29, 1.82) is 0 Å². The number of nitrogens with one attached hydrogen (secondary N) is 1. The topological polar surface area (TPSA) is 44.7 Å². The molecule has 0 atom stereocenters. The molecule has 0 aromatic heterocycles. The van der Waals surface area contributed by atoms with Crippen molar-refractivity contribution < 1.29 is 4.79 Å². The first-order chi connectivity index (χ1) is 7.79. The minimum atomic E-state index is 0.0756. The first-order valence-corrected chi connectivity index (χ1v) is 6.34. The van der Waals surface area contributed by atoms with Gasteiger partial charge in [-0.1, -0.05) is 19.3 Å². The van der Waals surface area contributed by atoms with Crippen molar-refractivity contribution in [1.82, 2.24) is 10.2 Å². The highest BCUT2D eigenvalue weighted by atomic mass is 16.2. The van der Waals surface area contributed by atoms with Gasteiger partial charge in [0.25, 0.3) is 5.91 Å². The lowest BCUT2D eigenvalue weighted by atomic mass is 9.94. The van der Waals surface area contributed by atoms with Crippen LogP contribution in [0.25, 0.3) is 0 Å². The average molecular weight is 223 g/mol. The molecule has 16 heavy (non-hydrogen) atoms. The number of amidine groups is 1. The summed E-state index contributed by atoms with van der Waals surface area (Å²) in [5.41, 5.74) is 0. The summed E-state index contributed by atoms with van der Waals surface area (Å²) in [5.74, 6) is 0.644. The van der Waals surface area contributed by atoms with Gasteiger partial charge < -0.3 is 10.2 Å². The molecule has 1 aliphatic carbocycles. The van der Waals surface area contributed by atoms with Gasteiger partial charge in [-0.2, -0.15) is 0 Å². The Morgan fingerprint density at radius 1 is 1.31 bits per heavy atom. The SMILES string of the molecule is CN(C(=O)C1=NCCCN1)C1CCCCC1. The Bertz CT molecular complexity index is 282. The molecule has 0 unspecified atom stereocenters. The van der Waals surface area contributed by atoms with Crippen molar-refractivity contribution in [3.05, 3.63) is 0 Å². The summed E-state index contributed by atoms with van der Waals surface area (Å²) in [5, 5.41) is 3.10. The van der Waals surface area contributed by atoms with Crippen molar-refractivity contribution in [2.75, 3.05) is 20.1 Å². The second-order valence-corrected chi connectivity index (χ2v) is 4.72. The smallest absolute Gasteiger partial charge is 0.288 e. The quantitative estimate of drug-likeness (QED) is 0.763. The predicted molar refractivity (Wildman–Crippen MR) is 64.6 cm³/mol. The zero-order chi connectivity index (χ0) is 11.4. The number of amides is 1. The van der Waals surface area contributed by atoms with Gasteiger partial charge in [0.2, 0.25) is 0 Å². The van der Waals surface area contributed by atoms with Gasteiger partial charge in [-0.25, -0.2) is 0 Å². The van der Waals surface area contributed by atoms with Crippen molar-refractivity contribution in [2.45, 2.75) is 44.6 Å². The minimum absolute atomic E-state index is 0.0756. The fourth-order valence-corrected chi connectivity index (χ4v) is 2.48. The van der Waals surface area contributed by atoms with Crippen LogP contribution in [0.4, 0.5) is 0 Å². The number of hydrogen-bond acceptors (Lipinski definition) is 3. The van der Waals surface area contributed by atoms with Crippen LogP contribution in [0.3, 0.4) is 0 Å². The summed E-state index contributed by atoms with van der Waals surface area (Å²) in [6, 6.07) is 0.424. The molecule has 1 saturated carbocycles. The van der Waals surface area contributed by atoms with Crippen LogP contribution in [-0.4, -0.2) is 42.8 Å². The average Bonchev–Trinajstić information content (AvgIpc) is 2.39. The number of rotatable bonds is 2. The van der Waals surface area contributed by atoms with Crippen LogP contribution < -0.4 is 5.32 Å². The number of carbonyl (C=O) groups excluding carboxylic acids is 1. The van der Waals surface area contributed by atoms with Crippen LogP contribution in [0, 0.1) is 0 Å². The van der Waals surface area contributed by atoms with E-state index in [-0.39, 0.29) is 5.91 Å².